The molecule has 2 aliphatic rings. The van der Waals surface area contributed by atoms with Gasteiger partial charge in [-0.25, -0.2) is 14.4 Å². The molecule has 0 saturated carbocycles. The van der Waals surface area contributed by atoms with Crippen LogP contribution in [0.3, 0.4) is 0 Å². The molecule has 1 aliphatic heterocycles. The van der Waals surface area contributed by atoms with Crippen LogP contribution in [-0.4, -0.2) is 77.0 Å². The van der Waals surface area contributed by atoms with E-state index in [0.717, 1.165) is 26.5 Å². The van der Waals surface area contributed by atoms with Gasteiger partial charge in [-0.05, 0) is 53.5 Å². The SMILES string of the molecule is C=C1C(=O)OC2C=C(C)CCC=C(C(=O)OC)C(OC(=O)C(C)C(C)O)C(OC(=O)C(C)(O)C(C)=O)C12. The van der Waals surface area contributed by atoms with Gasteiger partial charge in [0.2, 0.25) is 5.60 Å². The molecule has 1 saturated heterocycles. The van der Waals surface area contributed by atoms with E-state index in [1.54, 1.807) is 13.0 Å². The van der Waals surface area contributed by atoms with Crippen LogP contribution in [0.5, 0.6) is 0 Å². The van der Waals surface area contributed by atoms with Crippen LogP contribution in [0.25, 0.3) is 0 Å². The average molecular weight is 523 g/mol. The van der Waals surface area contributed by atoms with Crippen LogP contribution in [0.2, 0.25) is 0 Å². The molecule has 0 aromatic heterocycles. The summed E-state index contributed by atoms with van der Waals surface area (Å²) in [6.07, 6.45) is -1.64. The zero-order valence-corrected chi connectivity index (χ0v) is 21.8. The molecule has 1 heterocycles. The van der Waals surface area contributed by atoms with Gasteiger partial charge in [-0.2, -0.15) is 0 Å². The standard InChI is InChI=1S/C26H34O11/c1-12-9-8-10-17(24(31)34-7)20(36-22(29)13(2)15(4)27)21(37-25(32)26(6,33)16(5)28)19-14(3)23(30)35-18(19)11-12/h10-11,13,15,18-21,27,33H,3,8-9H2,1-2,4-7H3. The molecule has 7 unspecified atom stereocenters. The Bertz CT molecular complexity index is 1030. The third-order valence-electron chi connectivity index (χ3n) is 6.66. The summed E-state index contributed by atoms with van der Waals surface area (Å²) in [6.45, 7) is 10.2. The molecule has 1 aliphatic carbocycles. The zero-order chi connectivity index (χ0) is 28.2. The second kappa shape index (κ2) is 11.8. The summed E-state index contributed by atoms with van der Waals surface area (Å²) < 4.78 is 21.6. The second-order valence-electron chi connectivity index (χ2n) is 9.51. The van der Waals surface area contributed by atoms with Crippen molar-refractivity contribution in [3.8, 4) is 0 Å². The number of methoxy groups -OCH3 is 1. The minimum atomic E-state index is -2.59. The molecule has 0 aromatic rings. The van der Waals surface area contributed by atoms with Crippen LogP contribution in [0.15, 0.2) is 35.5 Å². The number of Topliss-reactive ketones (excluding diaryl/α,β-unsaturated/α-hetero) is 1. The first-order chi connectivity index (χ1) is 17.1. The maximum absolute atomic E-state index is 13.0. The number of aliphatic hydroxyl groups is 2. The highest BCUT2D eigenvalue weighted by atomic mass is 16.6. The Morgan fingerprint density at radius 2 is 1.84 bits per heavy atom. The van der Waals surface area contributed by atoms with Gasteiger partial charge in [-0.1, -0.05) is 18.2 Å². The molecule has 0 amide bonds. The first kappa shape index (κ1) is 29.9. The Labute approximate surface area is 215 Å². The van der Waals surface area contributed by atoms with Gasteiger partial charge in [0.1, 0.15) is 6.10 Å². The summed E-state index contributed by atoms with van der Waals surface area (Å²) in [6, 6.07) is 0. The van der Waals surface area contributed by atoms with Crippen molar-refractivity contribution in [1.82, 2.24) is 0 Å². The van der Waals surface area contributed by atoms with Crippen molar-refractivity contribution in [2.24, 2.45) is 11.8 Å². The average Bonchev–Trinajstić information content (AvgIpc) is 3.09. The number of allylic oxidation sites excluding steroid dienone is 2. The van der Waals surface area contributed by atoms with E-state index in [9.17, 15) is 34.2 Å². The summed E-state index contributed by atoms with van der Waals surface area (Å²) in [5.74, 6) is -7.19. The Balaban J connectivity index is 2.77. The molecule has 0 bridgehead atoms. The van der Waals surface area contributed by atoms with Crippen LogP contribution >= 0.6 is 0 Å². The van der Waals surface area contributed by atoms with E-state index in [2.05, 4.69) is 6.58 Å². The molecule has 11 nitrogen and oxygen atoms in total. The van der Waals surface area contributed by atoms with E-state index < -0.39 is 71.5 Å². The topological polar surface area (TPSA) is 163 Å². The highest BCUT2D eigenvalue weighted by Gasteiger charge is 2.52. The maximum atomic E-state index is 13.0. The van der Waals surface area contributed by atoms with Crippen molar-refractivity contribution in [2.75, 3.05) is 7.11 Å². The van der Waals surface area contributed by atoms with Crippen LogP contribution in [-0.2, 0) is 42.9 Å². The predicted molar refractivity (Wildman–Crippen MR) is 128 cm³/mol. The Kier molecular flexibility index (Phi) is 9.56. The first-order valence-electron chi connectivity index (χ1n) is 11.8. The Hall–Kier alpha value is -3.31. The number of carbonyl (C=O) groups excluding carboxylic acids is 5. The quantitative estimate of drug-likeness (QED) is 0.162. The van der Waals surface area contributed by atoms with Gasteiger partial charge >= 0.3 is 23.9 Å². The molecule has 0 spiro atoms. The normalized spacial score (nSPS) is 27.2. The molecule has 0 radical (unpaired) electrons. The largest absolute Gasteiger partial charge is 0.466 e. The molecular formula is C26H34O11. The Morgan fingerprint density at radius 1 is 1.22 bits per heavy atom. The lowest BCUT2D eigenvalue weighted by atomic mass is 9.83. The number of carbonyl (C=O) groups is 5. The summed E-state index contributed by atoms with van der Waals surface area (Å²) in [7, 11) is 1.11. The number of rotatable bonds is 7. The number of ketones is 1. The number of hydrogen-bond donors (Lipinski definition) is 2. The van der Waals surface area contributed by atoms with Crippen LogP contribution in [0.1, 0.15) is 47.5 Å². The van der Waals surface area contributed by atoms with E-state index in [-0.39, 0.29) is 17.6 Å². The van der Waals surface area contributed by atoms with Crippen molar-refractivity contribution in [1.29, 1.82) is 0 Å². The molecule has 37 heavy (non-hydrogen) atoms. The first-order valence-corrected chi connectivity index (χ1v) is 11.8. The van der Waals surface area contributed by atoms with E-state index in [0.29, 0.717) is 6.42 Å². The summed E-state index contributed by atoms with van der Waals surface area (Å²) in [5, 5.41) is 20.4. The Morgan fingerprint density at radius 3 is 2.38 bits per heavy atom. The number of fused-ring (bicyclic) bond motifs is 1. The van der Waals surface area contributed by atoms with Gasteiger partial charge in [0.25, 0.3) is 0 Å². The third kappa shape index (κ3) is 6.53. The van der Waals surface area contributed by atoms with Gasteiger partial charge in [-0.3, -0.25) is 9.59 Å². The second-order valence-corrected chi connectivity index (χ2v) is 9.51. The van der Waals surface area contributed by atoms with Crippen molar-refractivity contribution < 1.29 is 53.1 Å². The minimum Gasteiger partial charge on any atom is -0.466 e. The number of ether oxygens (including phenoxy) is 4. The van der Waals surface area contributed by atoms with Crippen molar-refractivity contribution >= 4 is 29.7 Å². The van der Waals surface area contributed by atoms with Gasteiger partial charge in [-0.15, -0.1) is 0 Å². The molecule has 1 fully saturated rings. The fourth-order valence-electron chi connectivity index (χ4n) is 3.82. The zero-order valence-electron chi connectivity index (χ0n) is 21.8. The van der Waals surface area contributed by atoms with Crippen molar-refractivity contribution in [3.63, 3.8) is 0 Å². The summed E-state index contributed by atoms with van der Waals surface area (Å²) >= 11 is 0. The highest BCUT2D eigenvalue weighted by molar-refractivity contribution is 6.05. The number of hydrogen-bond acceptors (Lipinski definition) is 11. The van der Waals surface area contributed by atoms with E-state index in [1.165, 1.54) is 19.9 Å². The van der Waals surface area contributed by atoms with Gasteiger partial charge in [0, 0.05) is 5.57 Å². The minimum absolute atomic E-state index is 0.135. The van der Waals surface area contributed by atoms with Crippen LogP contribution in [0.4, 0.5) is 0 Å². The molecule has 204 valence electrons. The summed E-state index contributed by atoms with van der Waals surface area (Å²) in [4.78, 5) is 63.3. The van der Waals surface area contributed by atoms with E-state index in [1.807, 2.05) is 0 Å². The lowest BCUT2D eigenvalue weighted by molar-refractivity contribution is -0.187. The lowest BCUT2D eigenvalue weighted by Crippen LogP contribution is -2.52. The van der Waals surface area contributed by atoms with Crippen LogP contribution < -0.4 is 0 Å². The maximum Gasteiger partial charge on any atom is 0.346 e. The molecule has 7 atom stereocenters. The number of esters is 4. The predicted octanol–water partition coefficient (Wildman–Crippen LogP) is 1.10. The van der Waals surface area contributed by atoms with Crippen LogP contribution in [0, 0.1) is 11.8 Å². The fraction of sp³-hybridized carbons (Fsp3) is 0.577. The van der Waals surface area contributed by atoms with Gasteiger partial charge in [0.15, 0.2) is 18.0 Å². The molecule has 0 aromatic carbocycles. The van der Waals surface area contributed by atoms with Crippen molar-refractivity contribution in [3.05, 3.63) is 35.5 Å². The molecule has 2 N–H and O–H groups in total. The summed E-state index contributed by atoms with van der Waals surface area (Å²) in [5.41, 5.74) is -2.13. The number of aliphatic hydroxyl groups excluding tert-OH is 1. The van der Waals surface area contributed by atoms with Crippen molar-refractivity contribution in [2.45, 2.75) is 77.5 Å². The monoisotopic (exact) mass is 522 g/mol. The highest BCUT2D eigenvalue weighted by Crippen LogP contribution is 2.38. The third-order valence-corrected chi connectivity index (χ3v) is 6.66. The van der Waals surface area contributed by atoms with E-state index >= 15 is 0 Å². The van der Waals surface area contributed by atoms with E-state index in [4.69, 9.17) is 18.9 Å². The van der Waals surface area contributed by atoms with Gasteiger partial charge < -0.3 is 29.2 Å². The lowest BCUT2D eigenvalue weighted by Gasteiger charge is -2.35. The molecular weight excluding hydrogens is 488 g/mol. The smallest absolute Gasteiger partial charge is 0.346 e. The molecule has 2 rings (SSSR count). The fourth-order valence-corrected chi connectivity index (χ4v) is 3.82. The van der Waals surface area contributed by atoms with Gasteiger partial charge in [0.05, 0.1) is 30.6 Å². The molecule has 11 heteroatoms.